The zero-order valence-electron chi connectivity index (χ0n) is 11.6. The number of amides is 1. The highest BCUT2D eigenvalue weighted by Gasteiger charge is 2.04. The molecular weight excluding hydrogens is 334 g/mol. The van der Waals surface area contributed by atoms with Crippen LogP contribution in [0.15, 0.2) is 53.0 Å². The summed E-state index contributed by atoms with van der Waals surface area (Å²) >= 11 is 3.35. The average molecular weight is 350 g/mol. The van der Waals surface area contributed by atoms with Crippen molar-refractivity contribution in [1.82, 2.24) is 0 Å². The van der Waals surface area contributed by atoms with Gasteiger partial charge >= 0.3 is 6.09 Å². The molecule has 0 unspecified atom stereocenters. The first-order chi connectivity index (χ1) is 10.1. The van der Waals surface area contributed by atoms with Crippen molar-refractivity contribution in [2.24, 2.45) is 0 Å². The highest BCUT2D eigenvalue weighted by Crippen LogP contribution is 2.16. The predicted octanol–water partition coefficient (Wildman–Crippen LogP) is 4.39. The number of hydrogen-bond acceptors (Lipinski definition) is 3. The first kappa shape index (κ1) is 15.4. The van der Waals surface area contributed by atoms with Crippen LogP contribution in [0, 0.1) is 6.92 Å². The van der Waals surface area contributed by atoms with E-state index in [0.717, 1.165) is 21.5 Å². The summed E-state index contributed by atoms with van der Waals surface area (Å²) in [5.74, 6) is 0.737. The van der Waals surface area contributed by atoms with E-state index < -0.39 is 6.09 Å². The summed E-state index contributed by atoms with van der Waals surface area (Å²) in [6.45, 7) is 2.42. The quantitative estimate of drug-likeness (QED) is 0.814. The molecule has 0 atom stereocenters. The number of nitrogens with one attached hydrogen (secondary N) is 1. The fourth-order valence-corrected chi connectivity index (χ4v) is 1.95. The Kier molecular flexibility index (Phi) is 5.63. The molecular formula is C16H16BrNO3. The van der Waals surface area contributed by atoms with Gasteiger partial charge in [-0.25, -0.2) is 4.79 Å². The maximum absolute atomic E-state index is 11.6. The van der Waals surface area contributed by atoms with E-state index in [-0.39, 0.29) is 6.61 Å². The second-order valence-electron chi connectivity index (χ2n) is 4.38. The second-order valence-corrected chi connectivity index (χ2v) is 5.29. The van der Waals surface area contributed by atoms with Crippen LogP contribution in [-0.2, 0) is 4.74 Å². The predicted molar refractivity (Wildman–Crippen MR) is 85.8 cm³/mol. The number of hydrogen-bond donors (Lipinski definition) is 1. The lowest BCUT2D eigenvalue weighted by Crippen LogP contribution is -2.18. The molecule has 0 aliphatic rings. The Balaban J connectivity index is 1.70. The summed E-state index contributed by atoms with van der Waals surface area (Å²) in [4.78, 5) is 11.6. The Morgan fingerprint density at radius 3 is 2.52 bits per heavy atom. The van der Waals surface area contributed by atoms with Crippen LogP contribution in [-0.4, -0.2) is 19.3 Å². The van der Waals surface area contributed by atoms with Crippen molar-refractivity contribution in [3.8, 4) is 5.75 Å². The summed E-state index contributed by atoms with van der Waals surface area (Å²) in [6.07, 6.45) is -0.483. The van der Waals surface area contributed by atoms with Crippen LogP contribution < -0.4 is 10.1 Å². The molecule has 2 rings (SSSR count). The Labute approximate surface area is 132 Å². The first-order valence-corrected chi connectivity index (χ1v) is 7.32. The Morgan fingerprint density at radius 1 is 1.10 bits per heavy atom. The van der Waals surface area contributed by atoms with Crippen LogP contribution >= 0.6 is 15.9 Å². The monoisotopic (exact) mass is 349 g/mol. The van der Waals surface area contributed by atoms with E-state index in [0.29, 0.717) is 6.61 Å². The third-order valence-electron chi connectivity index (χ3n) is 2.78. The topological polar surface area (TPSA) is 47.6 Å². The lowest BCUT2D eigenvalue weighted by Gasteiger charge is -2.10. The minimum absolute atomic E-state index is 0.188. The van der Waals surface area contributed by atoms with E-state index in [1.54, 1.807) is 0 Å². The Hall–Kier alpha value is -2.01. The minimum atomic E-state index is -0.483. The van der Waals surface area contributed by atoms with Gasteiger partial charge in [0.25, 0.3) is 0 Å². The van der Waals surface area contributed by atoms with Crippen molar-refractivity contribution in [1.29, 1.82) is 0 Å². The third kappa shape index (κ3) is 5.11. The smallest absolute Gasteiger partial charge is 0.411 e. The van der Waals surface area contributed by atoms with Gasteiger partial charge in [-0.2, -0.15) is 0 Å². The molecule has 0 saturated heterocycles. The Morgan fingerprint density at radius 2 is 1.81 bits per heavy atom. The van der Waals surface area contributed by atoms with Gasteiger partial charge in [0.1, 0.15) is 19.0 Å². The molecule has 0 radical (unpaired) electrons. The lowest BCUT2D eigenvalue weighted by molar-refractivity contribution is 0.138. The molecule has 0 aliphatic heterocycles. The second kappa shape index (κ2) is 7.69. The molecule has 0 fully saturated rings. The zero-order valence-corrected chi connectivity index (χ0v) is 13.2. The fraction of sp³-hybridized carbons (Fsp3) is 0.188. The van der Waals surface area contributed by atoms with Crippen LogP contribution in [0.25, 0.3) is 0 Å². The molecule has 0 bridgehead atoms. The number of ether oxygens (including phenoxy) is 2. The maximum Gasteiger partial charge on any atom is 0.411 e. The summed E-state index contributed by atoms with van der Waals surface area (Å²) in [7, 11) is 0. The number of aryl methyl sites for hydroxylation is 1. The molecule has 5 heteroatoms. The van der Waals surface area contributed by atoms with Crippen LogP contribution in [0.1, 0.15) is 5.56 Å². The number of carbonyl (C=O) groups excluding carboxylic acids is 1. The van der Waals surface area contributed by atoms with Gasteiger partial charge in [-0.05, 0) is 42.8 Å². The van der Waals surface area contributed by atoms with Gasteiger partial charge in [0, 0.05) is 10.2 Å². The van der Waals surface area contributed by atoms with Crippen LogP contribution in [0.3, 0.4) is 0 Å². The molecule has 4 nitrogen and oxygen atoms in total. The van der Waals surface area contributed by atoms with Crippen LogP contribution in [0.4, 0.5) is 10.5 Å². The van der Waals surface area contributed by atoms with E-state index in [9.17, 15) is 4.79 Å². The van der Waals surface area contributed by atoms with Gasteiger partial charge < -0.3 is 9.47 Å². The summed E-state index contributed by atoms with van der Waals surface area (Å²) in [5, 5.41) is 2.69. The Bertz CT molecular complexity index is 599. The average Bonchev–Trinajstić information content (AvgIpc) is 2.48. The molecule has 1 N–H and O–H groups in total. The maximum atomic E-state index is 11.6. The van der Waals surface area contributed by atoms with E-state index >= 15 is 0 Å². The molecule has 0 aliphatic carbocycles. The molecule has 2 aromatic carbocycles. The van der Waals surface area contributed by atoms with Crippen molar-refractivity contribution in [2.75, 3.05) is 18.5 Å². The van der Waals surface area contributed by atoms with Gasteiger partial charge in [0.15, 0.2) is 0 Å². The molecule has 1 amide bonds. The van der Waals surface area contributed by atoms with Crippen molar-refractivity contribution < 1.29 is 14.3 Å². The van der Waals surface area contributed by atoms with E-state index in [4.69, 9.17) is 9.47 Å². The largest absolute Gasteiger partial charge is 0.490 e. The van der Waals surface area contributed by atoms with Crippen molar-refractivity contribution in [3.63, 3.8) is 0 Å². The van der Waals surface area contributed by atoms with Gasteiger partial charge in [-0.1, -0.05) is 34.1 Å². The first-order valence-electron chi connectivity index (χ1n) is 6.53. The number of carbonyl (C=O) groups is 1. The molecule has 2 aromatic rings. The SMILES string of the molecule is Cc1ccccc1NC(=O)OCCOc1ccc(Br)cc1. The number of benzene rings is 2. The molecule has 21 heavy (non-hydrogen) atoms. The zero-order chi connectivity index (χ0) is 15.1. The molecule has 0 aromatic heterocycles. The number of halogens is 1. The lowest BCUT2D eigenvalue weighted by atomic mass is 10.2. The summed E-state index contributed by atoms with van der Waals surface area (Å²) < 4.78 is 11.5. The van der Waals surface area contributed by atoms with Crippen molar-refractivity contribution in [2.45, 2.75) is 6.92 Å². The summed E-state index contributed by atoms with van der Waals surface area (Å²) in [5.41, 5.74) is 1.73. The van der Waals surface area contributed by atoms with Gasteiger partial charge in [-0.15, -0.1) is 0 Å². The van der Waals surface area contributed by atoms with E-state index in [1.807, 2.05) is 55.5 Å². The standard InChI is InChI=1S/C16H16BrNO3/c1-12-4-2-3-5-15(12)18-16(19)21-11-10-20-14-8-6-13(17)7-9-14/h2-9H,10-11H2,1H3,(H,18,19). The fourth-order valence-electron chi connectivity index (χ4n) is 1.68. The van der Waals surface area contributed by atoms with Gasteiger partial charge in [0.05, 0.1) is 0 Å². The molecule has 110 valence electrons. The van der Waals surface area contributed by atoms with Crippen molar-refractivity contribution >= 4 is 27.7 Å². The number of para-hydroxylation sites is 1. The van der Waals surface area contributed by atoms with Gasteiger partial charge in [-0.3, -0.25) is 5.32 Å². The number of rotatable bonds is 5. The molecule has 0 spiro atoms. The molecule has 0 heterocycles. The highest BCUT2D eigenvalue weighted by molar-refractivity contribution is 9.10. The van der Waals surface area contributed by atoms with Crippen molar-refractivity contribution in [3.05, 3.63) is 58.6 Å². The minimum Gasteiger partial charge on any atom is -0.490 e. The van der Waals surface area contributed by atoms with E-state index in [1.165, 1.54) is 0 Å². The van der Waals surface area contributed by atoms with Crippen LogP contribution in [0.5, 0.6) is 5.75 Å². The van der Waals surface area contributed by atoms with Crippen LogP contribution in [0.2, 0.25) is 0 Å². The molecule has 0 saturated carbocycles. The highest BCUT2D eigenvalue weighted by atomic mass is 79.9. The van der Waals surface area contributed by atoms with Gasteiger partial charge in [0.2, 0.25) is 0 Å². The number of anilines is 1. The third-order valence-corrected chi connectivity index (χ3v) is 3.31. The van der Waals surface area contributed by atoms with E-state index in [2.05, 4.69) is 21.2 Å². The summed E-state index contributed by atoms with van der Waals surface area (Å²) in [6, 6.07) is 15.0. The normalized spacial score (nSPS) is 10.0.